The third-order valence-corrected chi connectivity index (χ3v) is 7.08. The zero-order chi connectivity index (χ0) is 26.5. The second kappa shape index (κ2) is 9.32. The molecule has 5 rings (SSSR count). The summed E-state index contributed by atoms with van der Waals surface area (Å²) in [6.45, 7) is 10.00. The number of carbonyl (C=O) groups is 2. The molecule has 1 fully saturated rings. The van der Waals surface area contributed by atoms with E-state index in [9.17, 15) is 14.4 Å². The van der Waals surface area contributed by atoms with Crippen molar-refractivity contribution in [1.82, 2.24) is 14.5 Å². The van der Waals surface area contributed by atoms with Crippen LogP contribution in [0.25, 0.3) is 22.3 Å². The highest BCUT2D eigenvalue weighted by Crippen LogP contribution is 2.35. The summed E-state index contributed by atoms with van der Waals surface area (Å²) in [6.07, 6.45) is 0.585. The number of aromatic nitrogens is 2. The van der Waals surface area contributed by atoms with Crippen LogP contribution in [-0.2, 0) is 20.8 Å². The number of fused-ring (bicyclic) bond motifs is 4. The van der Waals surface area contributed by atoms with Crippen LogP contribution >= 0.6 is 0 Å². The maximum Gasteiger partial charge on any atom is 0.411 e. The Kier molecular flexibility index (Phi) is 6.30. The van der Waals surface area contributed by atoms with E-state index in [1.54, 1.807) is 32.3 Å². The van der Waals surface area contributed by atoms with Crippen LogP contribution in [0.5, 0.6) is 0 Å². The molecule has 194 valence electrons. The number of hydrogen-bond acceptors (Lipinski definition) is 6. The van der Waals surface area contributed by atoms with Gasteiger partial charge in [-0.05, 0) is 65.2 Å². The first kappa shape index (κ1) is 25.0. The van der Waals surface area contributed by atoms with Gasteiger partial charge in [-0.25, -0.2) is 14.6 Å². The number of nitrogens with zero attached hydrogens (tertiary/aromatic N) is 3. The third kappa shape index (κ3) is 4.61. The van der Waals surface area contributed by atoms with E-state index in [2.05, 4.69) is 6.07 Å². The fourth-order valence-corrected chi connectivity index (χ4v) is 5.27. The molecular formula is C29H33N3O5. The summed E-state index contributed by atoms with van der Waals surface area (Å²) in [5, 5.41) is 1.03. The number of esters is 1. The Morgan fingerprint density at radius 2 is 1.95 bits per heavy atom. The van der Waals surface area contributed by atoms with Gasteiger partial charge in [0.25, 0.3) is 5.56 Å². The second-order valence-corrected chi connectivity index (χ2v) is 10.9. The van der Waals surface area contributed by atoms with Crippen LogP contribution < -0.4 is 5.56 Å². The van der Waals surface area contributed by atoms with Gasteiger partial charge in [0.2, 0.25) is 0 Å². The molecule has 3 aromatic rings. The molecular weight excluding hydrogens is 470 g/mol. The highest BCUT2D eigenvalue weighted by molar-refractivity contribution is 5.84. The van der Waals surface area contributed by atoms with Gasteiger partial charge in [-0.15, -0.1) is 0 Å². The summed E-state index contributed by atoms with van der Waals surface area (Å²) in [7, 11) is 0. The van der Waals surface area contributed by atoms with Gasteiger partial charge in [-0.2, -0.15) is 0 Å². The lowest BCUT2D eigenvalue weighted by molar-refractivity contribution is -0.155. The Morgan fingerprint density at radius 1 is 1.19 bits per heavy atom. The van der Waals surface area contributed by atoms with Gasteiger partial charge in [-0.1, -0.05) is 25.1 Å². The Bertz CT molecular complexity index is 1450. The summed E-state index contributed by atoms with van der Waals surface area (Å²) in [5.74, 6) is -0.472. The summed E-state index contributed by atoms with van der Waals surface area (Å²) in [6, 6.07) is 11.2. The second-order valence-electron chi connectivity index (χ2n) is 10.9. The zero-order valence-electron chi connectivity index (χ0n) is 22.0. The van der Waals surface area contributed by atoms with E-state index >= 15 is 0 Å². The van der Waals surface area contributed by atoms with Crippen LogP contribution in [0.1, 0.15) is 69.8 Å². The number of amides is 1. The molecule has 37 heavy (non-hydrogen) atoms. The van der Waals surface area contributed by atoms with Crippen molar-refractivity contribution in [3.8, 4) is 11.4 Å². The van der Waals surface area contributed by atoms with E-state index in [0.29, 0.717) is 43.5 Å². The summed E-state index contributed by atoms with van der Waals surface area (Å²) in [5.41, 5.74) is 3.84. The fraction of sp³-hybridized carbons (Fsp3) is 0.448. The molecule has 0 saturated carbocycles. The molecule has 1 saturated heterocycles. The summed E-state index contributed by atoms with van der Waals surface area (Å²) in [4.78, 5) is 45.7. The van der Waals surface area contributed by atoms with E-state index in [0.717, 1.165) is 27.9 Å². The van der Waals surface area contributed by atoms with Crippen molar-refractivity contribution in [3.05, 3.63) is 63.4 Å². The molecule has 2 aliphatic heterocycles. The first-order valence-corrected chi connectivity index (χ1v) is 12.9. The van der Waals surface area contributed by atoms with Crippen LogP contribution in [-0.4, -0.2) is 44.7 Å². The zero-order valence-corrected chi connectivity index (χ0v) is 22.0. The minimum atomic E-state index is -0.700. The van der Waals surface area contributed by atoms with Crippen molar-refractivity contribution in [2.45, 2.75) is 78.2 Å². The van der Waals surface area contributed by atoms with Crippen molar-refractivity contribution in [2.24, 2.45) is 0 Å². The Labute approximate surface area is 216 Å². The van der Waals surface area contributed by atoms with Crippen molar-refractivity contribution in [2.75, 3.05) is 6.54 Å². The number of rotatable bonds is 4. The maximum atomic E-state index is 13.4. The molecule has 1 aromatic carbocycles. The molecule has 8 nitrogen and oxygen atoms in total. The molecule has 1 amide bonds. The van der Waals surface area contributed by atoms with Crippen molar-refractivity contribution < 1.29 is 19.1 Å². The molecule has 2 aliphatic rings. The van der Waals surface area contributed by atoms with E-state index in [1.165, 1.54) is 4.90 Å². The van der Waals surface area contributed by atoms with Gasteiger partial charge >= 0.3 is 12.1 Å². The average molecular weight is 504 g/mol. The lowest BCUT2D eigenvalue weighted by Crippen LogP contribution is -2.44. The highest BCUT2D eigenvalue weighted by atomic mass is 16.6. The SMILES string of the molecule is CC[C@@H](OC(=O)[C@H]1CCCN1C(=O)OC(C)(C)C)c1cc2n(c(=O)c1C)Cc1cc3ccccc3nc1-2. The Morgan fingerprint density at radius 3 is 2.68 bits per heavy atom. The molecule has 8 heteroatoms. The molecule has 2 atom stereocenters. The van der Waals surface area contributed by atoms with Crippen LogP contribution in [0, 0.1) is 6.92 Å². The Balaban J connectivity index is 1.45. The van der Waals surface area contributed by atoms with Crippen LogP contribution in [0.15, 0.2) is 41.2 Å². The summed E-state index contributed by atoms with van der Waals surface area (Å²) >= 11 is 0. The van der Waals surface area contributed by atoms with E-state index in [-0.39, 0.29) is 5.56 Å². The predicted molar refractivity (Wildman–Crippen MR) is 140 cm³/mol. The smallest absolute Gasteiger partial charge is 0.411 e. The quantitative estimate of drug-likeness (QED) is 0.359. The van der Waals surface area contributed by atoms with Crippen LogP contribution in [0.2, 0.25) is 0 Å². The number of pyridine rings is 2. The number of hydrogen-bond donors (Lipinski definition) is 0. The number of para-hydroxylation sites is 1. The lowest BCUT2D eigenvalue weighted by atomic mass is 10.0. The van der Waals surface area contributed by atoms with Gasteiger partial charge < -0.3 is 14.0 Å². The van der Waals surface area contributed by atoms with Gasteiger partial charge in [0.05, 0.1) is 23.4 Å². The maximum absolute atomic E-state index is 13.4. The fourth-order valence-electron chi connectivity index (χ4n) is 5.27. The first-order valence-electron chi connectivity index (χ1n) is 12.9. The molecule has 0 bridgehead atoms. The molecule has 4 heterocycles. The van der Waals surface area contributed by atoms with E-state index in [4.69, 9.17) is 14.5 Å². The normalized spacial score (nSPS) is 17.4. The van der Waals surface area contributed by atoms with Crippen LogP contribution in [0.4, 0.5) is 4.79 Å². The van der Waals surface area contributed by atoms with Crippen LogP contribution in [0.3, 0.4) is 0 Å². The molecule has 0 unspecified atom stereocenters. The minimum Gasteiger partial charge on any atom is -0.456 e. The molecule has 0 aliphatic carbocycles. The average Bonchev–Trinajstić information content (AvgIpc) is 3.48. The first-order chi connectivity index (χ1) is 17.6. The summed E-state index contributed by atoms with van der Waals surface area (Å²) < 4.78 is 13.2. The number of benzene rings is 1. The van der Waals surface area contributed by atoms with Crippen molar-refractivity contribution in [3.63, 3.8) is 0 Å². The minimum absolute atomic E-state index is 0.111. The van der Waals surface area contributed by atoms with Gasteiger partial charge in [0.1, 0.15) is 17.7 Å². The molecule has 2 aromatic heterocycles. The predicted octanol–water partition coefficient (Wildman–Crippen LogP) is 5.13. The van der Waals surface area contributed by atoms with Gasteiger partial charge in [0.15, 0.2) is 0 Å². The Hall–Kier alpha value is -3.68. The standard InChI is InChI=1S/C29H33N3O5/c1-6-24(36-27(34)22-12-9-13-31(22)28(35)37-29(3,4)5)20-15-23-25-19(16-32(23)26(33)17(20)2)14-18-10-7-8-11-21(18)30-25/h7-8,10-11,14-15,22,24H,6,9,12-13,16H2,1-5H3/t22-,24-/m1/s1. The van der Waals surface area contributed by atoms with Crippen molar-refractivity contribution >= 4 is 23.0 Å². The highest BCUT2D eigenvalue weighted by Gasteiger charge is 2.39. The topological polar surface area (TPSA) is 90.7 Å². The largest absolute Gasteiger partial charge is 0.456 e. The molecule has 0 radical (unpaired) electrons. The number of ether oxygens (including phenoxy) is 2. The van der Waals surface area contributed by atoms with Gasteiger partial charge in [-0.3, -0.25) is 9.69 Å². The molecule has 0 spiro atoms. The third-order valence-electron chi connectivity index (χ3n) is 7.08. The number of carbonyl (C=O) groups excluding carboxylic acids is 2. The van der Waals surface area contributed by atoms with Crippen molar-refractivity contribution in [1.29, 1.82) is 0 Å². The monoisotopic (exact) mass is 503 g/mol. The van der Waals surface area contributed by atoms with E-state index in [1.807, 2.05) is 37.3 Å². The molecule has 0 N–H and O–H groups in total. The number of likely N-dealkylation sites (tertiary alicyclic amines) is 1. The lowest BCUT2D eigenvalue weighted by Gasteiger charge is -2.29. The van der Waals surface area contributed by atoms with Gasteiger partial charge in [0, 0.05) is 28.6 Å². The van der Waals surface area contributed by atoms with E-state index < -0.39 is 29.8 Å².